The Morgan fingerprint density at radius 3 is 1.53 bits per heavy atom. The molecule has 0 radical (unpaired) electrons. The number of aryl methyl sites for hydroxylation is 2. The van der Waals surface area contributed by atoms with Crippen molar-refractivity contribution < 1.29 is 14.3 Å². The van der Waals surface area contributed by atoms with E-state index in [2.05, 4.69) is 150 Å². The predicted molar refractivity (Wildman–Crippen MR) is 211 cm³/mol. The van der Waals surface area contributed by atoms with E-state index in [4.69, 9.17) is 9.47 Å². The fraction of sp³-hybridized carbons (Fsp3) is 0.106. The molecular formula is C47H37N3O3. The summed E-state index contributed by atoms with van der Waals surface area (Å²) in [5, 5.41) is 0. The Balaban J connectivity index is 1.26. The Hall–Kier alpha value is -6.66. The molecule has 6 heteroatoms. The molecule has 7 aromatic rings. The van der Waals surface area contributed by atoms with E-state index < -0.39 is 11.6 Å². The first-order valence-corrected chi connectivity index (χ1v) is 18.1. The number of rotatable bonds is 8. The van der Waals surface area contributed by atoms with Crippen LogP contribution in [0.1, 0.15) is 52.2 Å². The summed E-state index contributed by atoms with van der Waals surface area (Å²) in [6.07, 6.45) is 3.39. The zero-order valence-electron chi connectivity index (χ0n) is 29.6. The largest absolute Gasteiger partial charge is 0.456 e. The van der Waals surface area contributed by atoms with Crippen LogP contribution < -0.4 is 14.5 Å². The molecular weight excluding hydrogens is 655 g/mol. The first-order chi connectivity index (χ1) is 26.1. The van der Waals surface area contributed by atoms with Gasteiger partial charge in [0.05, 0.1) is 0 Å². The van der Waals surface area contributed by atoms with Crippen LogP contribution in [0, 0.1) is 0 Å². The number of benzene rings is 6. The van der Waals surface area contributed by atoms with Crippen molar-refractivity contribution in [2.75, 3.05) is 9.80 Å². The molecule has 1 spiro atoms. The number of carbonyl (C=O) groups excluding carboxylic acids is 1. The van der Waals surface area contributed by atoms with Gasteiger partial charge >= 0.3 is 5.97 Å². The highest BCUT2D eigenvalue weighted by Gasteiger charge is 2.54. The molecule has 0 bridgehead atoms. The van der Waals surface area contributed by atoms with Crippen molar-refractivity contribution in [3.8, 4) is 11.5 Å². The van der Waals surface area contributed by atoms with Gasteiger partial charge in [-0.15, -0.1) is 0 Å². The number of anilines is 6. The minimum absolute atomic E-state index is 0.310. The normalized spacial score (nSPS) is 13.4. The van der Waals surface area contributed by atoms with Crippen molar-refractivity contribution in [3.63, 3.8) is 0 Å². The van der Waals surface area contributed by atoms with E-state index in [1.807, 2.05) is 36.4 Å². The monoisotopic (exact) mass is 691 g/mol. The number of esters is 1. The van der Waals surface area contributed by atoms with E-state index in [9.17, 15) is 4.79 Å². The molecule has 6 nitrogen and oxygen atoms in total. The molecule has 0 atom stereocenters. The lowest BCUT2D eigenvalue weighted by Gasteiger charge is -2.38. The lowest BCUT2D eigenvalue weighted by Crippen LogP contribution is -2.33. The Bertz CT molecular complexity index is 2340. The second kappa shape index (κ2) is 13.1. The van der Waals surface area contributed by atoms with Gasteiger partial charge in [-0.25, -0.2) is 9.78 Å². The zero-order valence-corrected chi connectivity index (χ0v) is 29.6. The molecule has 0 aliphatic carbocycles. The fourth-order valence-corrected chi connectivity index (χ4v) is 7.87. The molecule has 9 rings (SSSR count). The van der Waals surface area contributed by atoms with E-state index in [0.717, 1.165) is 58.1 Å². The average molecular weight is 692 g/mol. The highest BCUT2D eigenvalue weighted by Crippen LogP contribution is 2.57. The minimum atomic E-state index is -1.25. The molecule has 258 valence electrons. The molecule has 0 amide bonds. The van der Waals surface area contributed by atoms with E-state index in [1.54, 1.807) is 6.20 Å². The van der Waals surface area contributed by atoms with Gasteiger partial charge in [-0.2, -0.15) is 0 Å². The predicted octanol–water partition coefficient (Wildman–Crippen LogP) is 11.7. The van der Waals surface area contributed by atoms with Crippen LogP contribution in [-0.2, 0) is 23.2 Å². The van der Waals surface area contributed by atoms with Crippen molar-refractivity contribution >= 4 is 40.1 Å². The van der Waals surface area contributed by atoms with Crippen LogP contribution in [0.4, 0.5) is 34.1 Å². The standard InChI is InChI=1S/C47H37N3O3/c1-3-32-16-11-13-23-41(32)49(34-18-7-5-8-19-34)36-25-27-38-43(30-36)52-44-31-37(26-28-39(44)47(38)40-22-15-29-48-45(40)46(51)53-47)50(35-20-9-6-10-21-35)42-24-14-12-17-33(42)4-2/h5-31H,3-4H2,1-2H3. The topological polar surface area (TPSA) is 54.9 Å². The highest BCUT2D eigenvalue weighted by atomic mass is 16.6. The van der Waals surface area contributed by atoms with E-state index in [1.165, 1.54) is 11.1 Å². The van der Waals surface area contributed by atoms with Crippen molar-refractivity contribution in [3.05, 3.63) is 197 Å². The summed E-state index contributed by atoms with van der Waals surface area (Å²) < 4.78 is 13.5. The van der Waals surface area contributed by atoms with Gasteiger partial charge < -0.3 is 19.3 Å². The van der Waals surface area contributed by atoms with Crippen molar-refractivity contribution in [2.45, 2.75) is 32.3 Å². The molecule has 1 aromatic heterocycles. The van der Waals surface area contributed by atoms with Gasteiger partial charge in [-0.05, 0) is 90.7 Å². The summed E-state index contributed by atoms with van der Waals surface area (Å²) in [6.45, 7) is 4.35. The second-order valence-electron chi connectivity index (χ2n) is 13.2. The number of nitrogens with zero attached hydrogens (tertiary/aromatic N) is 3. The number of hydrogen-bond donors (Lipinski definition) is 0. The number of para-hydroxylation sites is 4. The van der Waals surface area contributed by atoms with Gasteiger partial charge in [0.1, 0.15) is 11.5 Å². The maximum atomic E-state index is 13.6. The number of aromatic nitrogens is 1. The third kappa shape index (κ3) is 5.25. The summed E-state index contributed by atoms with van der Waals surface area (Å²) >= 11 is 0. The van der Waals surface area contributed by atoms with Crippen LogP contribution >= 0.6 is 0 Å². The Kier molecular flexibility index (Phi) is 8.00. The molecule has 6 aromatic carbocycles. The number of ether oxygens (including phenoxy) is 2. The van der Waals surface area contributed by atoms with Gasteiger partial charge in [0, 0.05) is 69.1 Å². The molecule has 53 heavy (non-hydrogen) atoms. The molecule has 0 fully saturated rings. The van der Waals surface area contributed by atoms with E-state index in [0.29, 0.717) is 22.8 Å². The maximum Gasteiger partial charge on any atom is 0.358 e. The summed E-state index contributed by atoms with van der Waals surface area (Å²) in [5.74, 6) is 0.747. The summed E-state index contributed by atoms with van der Waals surface area (Å²) in [6, 6.07) is 53.8. The lowest BCUT2D eigenvalue weighted by molar-refractivity contribution is 0.0222. The Morgan fingerprint density at radius 2 is 1.02 bits per heavy atom. The molecule has 3 heterocycles. The Labute approximate surface area is 309 Å². The molecule has 2 aliphatic heterocycles. The molecule has 0 saturated carbocycles. The van der Waals surface area contributed by atoms with Crippen LogP contribution in [0.5, 0.6) is 11.5 Å². The summed E-state index contributed by atoms with van der Waals surface area (Å²) in [7, 11) is 0. The van der Waals surface area contributed by atoms with Gasteiger partial charge in [-0.3, -0.25) is 0 Å². The Morgan fingerprint density at radius 1 is 0.528 bits per heavy atom. The fourth-order valence-electron chi connectivity index (χ4n) is 7.87. The summed E-state index contributed by atoms with van der Waals surface area (Å²) in [5.41, 5.74) is 9.75. The van der Waals surface area contributed by atoms with E-state index >= 15 is 0 Å². The number of pyridine rings is 1. The molecule has 0 N–H and O–H groups in total. The van der Waals surface area contributed by atoms with Gasteiger partial charge in [0.25, 0.3) is 0 Å². The van der Waals surface area contributed by atoms with Crippen molar-refractivity contribution in [1.82, 2.24) is 4.98 Å². The average Bonchev–Trinajstić information content (AvgIpc) is 3.51. The van der Waals surface area contributed by atoms with E-state index in [-0.39, 0.29) is 0 Å². The van der Waals surface area contributed by atoms with Crippen molar-refractivity contribution in [1.29, 1.82) is 0 Å². The quantitative estimate of drug-likeness (QED) is 0.148. The number of hydrogen-bond acceptors (Lipinski definition) is 6. The number of carbonyl (C=O) groups is 1. The van der Waals surface area contributed by atoms with Crippen LogP contribution in [0.25, 0.3) is 0 Å². The molecule has 2 aliphatic rings. The maximum absolute atomic E-state index is 13.6. The van der Waals surface area contributed by atoms with Gasteiger partial charge in [0.15, 0.2) is 11.3 Å². The minimum Gasteiger partial charge on any atom is -0.456 e. The first kappa shape index (κ1) is 32.3. The number of fused-ring (bicyclic) bond motifs is 6. The van der Waals surface area contributed by atoms with Crippen LogP contribution in [0.15, 0.2) is 164 Å². The lowest BCUT2D eigenvalue weighted by atomic mass is 9.78. The van der Waals surface area contributed by atoms with Gasteiger partial charge in [-0.1, -0.05) is 92.7 Å². The third-order valence-corrected chi connectivity index (χ3v) is 10.3. The summed E-state index contributed by atoms with van der Waals surface area (Å²) in [4.78, 5) is 22.7. The third-order valence-electron chi connectivity index (χ3n) is 10.3. The molecule has 0 saturated heterocycles. The second-order valence-corrected chi connectivity index (χ2v) is 13.2. The SMILES string of the molecule is CCc1ccccc1N(c1ccccc1)c1ccc2c(c1)Oc1cc(N(c3ccccc3)c3ccccc3CC)ccc1C21OC(=O)c2ncccc21. The van der Waals surface area contributed by atoms with Gasteiger partial charge in [0.2, 0.25) is 0 Å². The molecule has 0 unspecified atom stereocenters. The van der Waals surface area contributed by atoms with Crippen LogP contribution in [0.3, 0.4) is 0 Å². The van der Waals surface area contributed by atoms with Crippen LogP contribution in [0.2, 0.25) is 0 Å². The highest BCUT2D eigenvalue weighted by molar-refractivity contribution is 5.95. The first-order valence-electron chi connectivity index (χ1n) is 18.1. The zero-order chi connectivity index (χ0) is 35.9. The van der Waals surface area contributed by atoms with Crippen molar-refractivity contribution in [2.24, 2.45) is 0 Å². The van der Waals surface area contributed by atoms with Crippen LogP contribution in [-0.4, -0.2) is 11.0 Å². The smallest absolute Gasteiger partial charge is 0.358 e.